The molecule has 0 saturated heterocycles. The van der Waals surface area contributed by atoms with Gasteiger partial charge in [0.15, 0.2) is 5.78 Å². The van der Waals surface area contributed by atoms with E-state index in [-0.39, 0.29) is 17.1 Å². The van der Waals surface area contributed by atoms with Gasteiger partial charge in [-0.05, 0) is 20.8 Å². The number of rotatable bonds is 11. The molecule has 0 spiro atoms. The molecule has 0 heterocycles. The second kappa shape index (κ2) is 12.3. The number of Topliss-reactive ketones (excluding diaryl/α,β-unsaturated/α-hetero) is 1. The highest BCUT2D eigenvalue weighted by Gasteiger charge is 2.25. The van der Waals surface area contributed by atoms with Gasteiger partial charge in [-0.1, -0.05) is 23.2 Å². The first-order chi connectivity index (χ1) is 15.7. The van der Waals surface area contributed by atoms with E-state index in [4.69, 9.17) is 42.1 Å². The van der Waals surface area contributed by atoms with Gasteiger partial charge < -0.3 is 24.3 Å². The van der Waals surface area contributed by atoms with Gasteiger partial charge in [-0.25, -0.2) is 0 Å². The molecule has 0 aliphatic heterocycles. The number of methoxy groups -OCH3 is 2. The summed E-state index contributed by atoms with van der Waals surface area (Å²) in [6.07, 6.45) is 0. The Morgan fingerprint density at radius 3 is 2.06 bits per heavy atom. The molecular weight excluding hydrogens is 473 g/mol. The minimum Gasteiger partial charge on any atom is -0.495 e. The molecule has 1 atom stereocenters. The van der Waals surface area contributed by atoms with Crippen LogP contribution in [0.5, 0.6) is 23.0 Å². The van der Waals surface area contributed by atoms with Crippen LogP contribution in [0.3, 0.4) is 0 Å². The molecular formula is C22H25Cl2N3O6. The number of anilines is 1. The van der Waals surface area contributed by atoms with E-state index < -0.39 is 17.7 Å². The van der Waals surface area contributed by atoms with Crippen molar-refractivity contribution in [2.45, 2.75) is 26.8 Å². The molecule has 1 unspecified atom stereocenters. The molecule has 0 aromatic heterocycles. The van der Waals surface area contributed by atoms with Crippen molar-refractivity contribution in [3.8, 4) is 23.0 Å². The van der Waals surface area contributed by atoms with Crippen LogP contribution in [0, 0.1) is 0 Å². The number of nitrogens with one attached hydrogen (secondary N) is 1. The van der Waals surface area contributed by atoms with Crippen LogP contribution in [0.4, 0.5) is 11.4 Å². The van der Waals surface area contributed by atoms with E-state index in [9.17, 15) is 9.59 Å². The first kappa shape index (κ1) is 26.2. The Hall–Kier alpha value is -3.04. The molecule has 178 valence electrons. The van der Waals surface area contributed by atoms with Gasteiger partial charge in [-0.15, -0.1) is 0 Å². The summed E-state index contributed by atoms with van der Waals surface area (Å²) >= 11 is 12.3. The maximum absolute atomic E-state index is 12.9. The Labute approximate surface area is 202 Å². The molecule has 11 heteroatoms. The SMILES string of the molecule is CCOc1cc(N=NC(C(C)=O)C(=O)Nc2cc(OC)c(Cl)cc2OC)c(OCC)cc1Cl. The predicted molar refractivity (Wildman–Crippen MR) is 126 cm³/mol. The average Bonchev–Trinajstić information content (AvgIpc) is 2.77. The van der Waals surface area contributed by atoms with E-state index in [0.29, 0.717) is 40.5 Å². The number of halogens is 2. The molecule has 0 saturated carbocycles. The fourth-order valence-corrected chi connectivity index (χ4v) is 3.18. The van der Waals surface area contributed by atoms with Crippen molar-refractivity contribution in [1.82, 2.24) is 0 Å². The molecule has 0 aliphatic carbocycles. The molecule has 9 nitrogen and oxygen atoms in total. The molecule has 2 rings (SSSR count). The minimum absolute atomic E-state index is 0.255. The summed E-state index contributed by atoms with van der Waals surface area (Å²) < 4.78 is 21.4. The van der Waals surface area contributed by atoms with Gasteiger partial charge >= 0.3 is 0 Å². The first-order valence-electron chi connectivity index (χ1n) is 9.98. The van der Waals surface area contributed by atoms with Crippen LogP contribution in [0.1, 0.15) is 20.8 Å². The summed E-state index contributed by atoms with van der Waals surface area (Å²) in [4.78, 5) is 25.1. The topological polar surface area (TPSA) is 108 Å². The number of hydrogen-bond acceptors (Lipinski definition) is 8. The van der Waals surface area contributed by atoms with E-state index in [2.05, 4.69) is 15.5 Å². The lowest BCUT2D eigenvalue weighted by atomic mass is 10.2. The number of hydrogen-bond donors (Lipinski definition) is 1. The van der Waals surface area contributed by atoms with Crippen molar-refractivity contribution >= 4 is 46.3 Å². The summed E-state index contributed by atoms with van der Waals surface area (Å²) in [7, 11) is 2.85. The van der Waals surface area contributed by atoms with Gasteiger partial charge in [0.05, 0.1) is 43.2 Å². The summed E-state index contributed by atoms with van der Waals surface area (Å²) in [5.74, 6) is 0.0738. The minimum atomic E-state index is -1.43. The van der Waals surface area contributed by atoms with Crippen LogP contribution in [0.25, 0.3) is 0 Å². The smallest absolute Gasteiger partial charge is 0.258 e. The van der Waals surface area contributed by atoms with E-state index in [0.717, 1.165) is 0 Å². The first-order valence-corrected chi connectivity index (χ1v) is 10.7. The number of carbonyl (C=O) groups is 2. The predicted octanol–water partition coefficient (Wildman–Crippen LogP) is 5.49. The maximum atomic E-state index is 12.9. The number of nitrogens with zero attached hydrogens (tertiary/aromatic N) is 2. The van der Waals surface area contributed by atoms with Crippen molar-refractivity contribution in [3.63, 3.8) is 0 Å². The van der Waals surface area contributed by atoms with Crippen molar-refractivity contribution in [3.05, 3.63) is 34.3 Å². The van der Waals surface area contributed by atoms with E-state index in [1.165, 1.54) is 45.4 Å². The highest BCUT2D eigenvalue weighted by Crippen LogP contribution is 2.39. The molecule has 2 aromatic rings. The van der Waals surface area contributed by atoms with Crippen molar-refractivity contribution in [2.24, 2.45) is 10.2 Å². The lowest BCUT2D eigenvalue weighted by molar-refractivity contribution is -0.126. The van der Waals surface area contributed by atoms with Crippen LogP contribution >= 0.6 is 23.2 Å². The van der Waals surface area contributed by atoms with Crippen LogP contribution < -0.4 is 24.3 Å². The maximum Gasteiger partial charge on any atom is 0.258 e. The quantitative estimate of drug-likeness (QED) is 0.324. The highest BCUT2D eigenvalue weighted by molar-refractivity contribution is 6.32. The van der Waals surface area contributed by atoms with Crippen molar-refractivity contribution < 1.29 is 28.5 Å². The average molecular weight is 498 g/mol. The van der Waals surface area contributed by atoms with Gasteiger partial charge in [-0.3, -0.25) is 9.59 Å². The summed E-state index contributed by atoms with van der Waals surface area (Å²) in [6, 6.07) is 4.60. The molecule has 1 N–H and O–H groups in total. The van der Waals surface area contributed by atoms with E-state index in [1.807, 2.05) is 6.92 Å². The third-order valence-electron chi connectivity index (χ3n) is 4.26. The van der Waals surface area contributed by atoms with Crippen LogP contribution in [0.15, 0.2) is 34.5 Å². The number of benzene rings is 2. The zero-order valence-electron chi connectivity index (χ0n) is 18.9. The Balaban J connectivity index is 2.37. The lowest BCUT2D eigenvalue weighted by Gasteiger charge is -2.15. The molecule has 0 radical (unpaired) electrons. The van der Waals surface area contributed by atoms with Crippen molar-refractivity contribution in [2.75, 3.05) is 32.8 Å². The second-order valence-corrected chi connectivity index (χ2v) is 7.34. The van der Waals surface area contributed by atoms with Crippen LogP contribution in [0.2, 0.25) is 10.0 Å². The van der Waals surface area contributed by atoms with E-state index in [1.54, 1.807) is 6.92 Å². The zero-order valence-corrected chi connectivity index (χ0v) is 20.4. The fourth-order valence-electron chi connectivity index (χ4n) is 2.74. The normalized spacial score (nSPS) is 11.7. The Morgan fingerprint density at radius 1 is 0.909 bits per heavy atom. The van der Waals surface area contributed by atoms with Gasteiger partial charge in [0.2, 0.25) is 6.04 Å². The monoisotopic (exact) mass is 497 g/mol. The Morgan fingerprint density at radius 2 is 1.48 bits per heavy atom. The standard InChI is InChI=1S/C22H25Cl2N3O6/c1-6-32-18-11-16(20(33-7-2)9-14(18)24)26-27-21(12(3)28)22(29)25-15-10-17(30-4)13(23)8-19(15)31-5/h8-11,21H,6-7H2,1-5H3,(H,25,29). The second-order valence-electron chi connectivity index (χ2n) is 6.52. The lowest BCUT2D eigenvalue weighted by Crippen LogP contribution is -2.32. The van der Waals surface area contributed by atoms with Gasteiger partial charge in [0.25, 0.3) is 5.91 Å². The Bertz CT molecular complexity index is 1050. The summed E-state index contributed by atoms with van der Waals surface area (Å²) in [6.45, 7) is 5.58. The van der Waals surface area contributed by atoms with Gasteiger partial charge in [-0.2, -0.15) is 10.2 Å². The van der Waals surface area contributed by atoms with Crippen LogP contribution in [-0.2, 0) is 9.59 Å². The summed E-state index contributed by atoms with van der Waals surface area (Å²) in [5, 5.41) is 11.3. The molecule has 0 aliphatic rings. The molecule has 1 amide bonds. The van der Waals surface area contributed by atoms with Crippen molar-refractivity contribution in [1.29, 1.82) is 0 Å². The number of azo groups is 1. The molecule has 0 bridgehead atoms. The highest BCUT2D eigenvalue weighted by atomic mass is 35.5. The third-order valence-corrected chi connectivity index (χ3v) is 4.85. The Kier molecular flexibility index (Phi) is 9.74. The van der Waals surface area contributed by atoms with Gasteiger partial charge in [0, 0.05) is 24.3 Å². The zero-order chi connectivity index (χ0) is 24.5. The van der Waals surface area contributed by atoms with Gasteiger partial charge in [0.1, 0.15) is 28.7 Å². The fraction of sp³-hybridized carbons (Fsp3) is 0.364. The van der Waals surface area contributed by atoms with E-state index >= 15 is 0 Å². The summed E-state index contributed by atoms with van der Waals surface area (Å²) in [5.41, 5.74) is 0.514. The number of ether oxygens (including phenoxy) is 4. The number of amides is 1. The number of carbonyl (C=O) groups excluding carboxylic acids is 2. The molecule has 2 aromatic carbocycles. The van der Waals surface area contributed by atoms with Crippen LogP contribution in [-0.4, -0.2) is 45.2 Å². The molecule has 33 heavy (non-hydrogen) atoms. The third kappa shape index (κ3) is 6.72. The number of ketones is 1. The largest absolute Gasteiger partial charge is 0.495 e. The molecule has 0 fully saturated rings.